The number of anilines is 2. The molecule has 4 aromatic rings. The van der Waals surface area contributed by atoms with Crippen LogP contribution in [0.15, 0.2) is 97.1 Å². The van der Waals surface area contributed by atoms with Gasteiger partial charge >= 0.3 is 0 Å². The molecule has 2 fully saturated rings. The van der Waals surface area contributed by atoms with Crippen LogP contribution >= 0.6 is 23.2 Å². The van der Waals surface area contributed by atoms with Gasteiger partial charge in [-0.05, 0) is 196 Å². The molecule has 2 amide bonds. The van der Waals surface area contributed by atoms with Gasteiger partial charge < -0.3 is 29.5 Å². The molecule has 0 unspecified atom stereocenters. The van der Waals surface area contributed by atoms with Gasteiger partial charge in [0, 0.05) is 58.2 Å². The Labute approximate surface area is 468 Å². The number of halogens is 2. The summed E-state index contributed by atoms with van der Waals surface area (Å²) in [6.07, 6.45) is 17.9. The third-order valence-corrected chi connectivity index (χ3v) is 20.8. The summed E-state index contributed by atoms with van der Waals surface area (Å²) in [5.74, 6) is 1.10. The number of hydrogen-bond acceptors (Lipinski definition) is 12. The molecule has 0 saturated heterocycles. The first kappa shape index (κ1) is 54.8. The maximum atomic E-state index is 13.0. The van der Waals surface area contributed by atoms with E-state index < -0.39 is 44.1 Å². The van der Waals surface area contributed by atoms with Gasteiger partial charge in [-0.1, -0.05) is 59.6 Å². The van der Waals surface area contributed by atoms with Crippen molar-refractivity contribution in [2.75, 3.05) is 60.7 Å². The molecule has 14 nitrogen and oxygen atoms in total. The van der Waals surface area contributed by atoms with Crippen molar-refractivity contribution >= 4 is 66.4 Å². The number of fused-ring (bicyclic) bond motifs is 8. The largest absolute Gasteiger partial charge is 0.490 e. The van der Waals surface area contributed by atoms with Gasteiger partial charge in [0.1, 0.15) is 11.5 Å². The number of aliphatic hydroxyl groups excluding tert-OH is 2. The topological polar surface area (TPSA) is 192 Å². The molecule has 4 aliphatic heterocycles. The lowest BCUT2D eigenvalue weighted by Gasteiger charge is -2.45. The molecule has 2 spiro atoms. The fraction of sp³-hybridized carbons (Fsp3) is 0.500. The number of sulfonamides is 2. The highest BCUT2D eigenvalue weighted by Crippen LogP contribution is 2.49. The lowest BCUT2D eigenvalue weighted by Crippen LogP contribution is -2.48. The number of carbonyl (C=O) groups is 2. The number of nitrogens with zero attached hydrogens (tertiary/aromatic N) is 2. The Balaban J connectivity index is 0.000000165. The van der Waals surface area contributed by atoms with Crippen molar-refractivity contribution in [3.05, 3.63) is 141 Å². The van der Waals surface area contributed by atoms with E-state index in [2.05, 4.69) is 43.5 Å². The molecule has 4 bridgehead atoms. The molecule has 8 atom stereocenters. The number of amides is 2. The molecule has 0 aromatic heterocycles. The molecule has 2 saturated carbocycles. The summed E-state index contributed by atoms with van der Waals surface area (Å²) >= 11 is 12.7. The Morgan fingerprint density at radius 2 is 0.974 bits per heavy atom. The first-order valence-corrected chi connectivity index (χ1v) is 31.9. The number of rotatable bonds is 0. The predicted molar refractivity (Wildman–Crippen MR) is 304 cm³/mol. The Bertz CT molecular complexity index is 3030. The van der Waals surface area contributed by atoms with E-state index in [0.717, 1.165) is 112 Å². The minimum Gasteiger partial charge on any atom is -0.490 e. The third-order valence-electron chi connectivity index (χ3n) is 18.1. The average Bonchev–Trinajstić information content (AvgIpc) is 3.81. The van der Waals surface area contributed by atoms with Gasteiger partial charge in [-0.3, -0.25) is 9.59 Å². The van der Waals surface area contributed by atoms with E-state index >= 15 is 0 Å². The first-order chi connectivity index (χ1) is 37.4. The number of aryl methyl sites for hydroxylation is 2. The van der Waals surface area contributed by atoms with Gasteiger partial charge in [-0.15, -0.1) is 0 Å². The molecule has 12 rings (SSSR count). The Morgan fingerprint density at radius 1 is 0.551 bits per heavy atom. The highest BCUT2D eigenvalue weighted by atomic mass is 35.5. The minimum atomic E-state index is -3.86. The predicted octanol–water partition coefficient (Wildman–Crippen LogP) is 9.22. The summed E-state index contributed by atoms with van der Waals surface area (Å²) in [4.78, 5) is 30.8. The highest BCUT2D eigenvalue weighted by Gasteiger charge is 2.46. The van der Waals surface area contributed by atoms with Crippen molar-refractivity contribution in [2.45, 2.75) is 113 Å². The molecule has 8 aliphatic rings. The zero-order chi connectivity index (χ0) is 54.4. The summed E-state index contributed by atoms with van der Waals surface area (Å²) in [7, 11) is -7.72. The molecule has 0 radical (unpaired) electrons. The van der Waals surface area contributed by atoms with Crippen LogP contribution in [-0.4, -0.2) is 102 Å². The van der Waals surface area contributed by atoms with Crippen molar-refractivity contribution in [1.82, 2.24) is 9.44 Å². The van der Waals surface area contributed by atoms with Gasteiger partial charge in [-0.2, -0.15) is 0 Å². The maximum Gasteiger partial charge on any atom is 0.264 e. The number of nitrogens with one attached hydrogen (secondary N) is 2. The number of hydrogen-bond donors (Lipinski definition) is 4. The van der Waals surface area contributed by atoms with Crippen LogP contribution in [0.5, 0.6) is 11.5 Å². The van der Waals surface area contributed by atoms with E-state index in [9.17, 15) is 36.6 Å². The summed E-state index contributed by atoms with van der Waals surface area (Å²) in [6, 6.07) is 22.8. The second kappa shape index (κ2) is 22.4. The van der Waals surface area contributed by atoms with Gasteiger partial charge in [0.25, 0.3) is 11.8 Å². The lowest BCUT2D eigenvalue weighted by atomic mass is 9.68. The van der Waals surface area contributed by atoms with Crippen LogP contribution in [0, 0.1) is 23.7 Å². The Morgan fingerprint density at radius 3 is 1.38 bits per heavy atom. The Hall–Kier alpha value is -5.10. The normalized spacial score (nSPS) is 31.1. The van der Waals surface area contributed by atoms with Crippen LogP contribution in [0.2, 0.25) is 10.0 Å². The first-order valence-electron chi connectivity index (χ1n) is 27.8. The van der Waals surface area contributed by atoms with Gasteiger partial charge in [0.2, 0.25) is 20.0 Å². The van der Waals surface area contributed by atoms with Gasteiger partial charge in [0.15, 0.2) is 0 Å². The SMILES string of the molecule is O=C1NS(=O)(=O)C/C=C/C[C@@H](O)C[C@@H]2CC[C@H]2CN2C[C@@]3(CCCc4cc(Cl)ccc43)COc3ccc1cc32.O=C1NS(=O)(=O)C/C=C/C[C@H](O)C[C@@H]2CC[C@H]2CN2C[C@@]3(CCCc4cc(Cl)ccc43)COc3ccc1cc32. The van der Waals surface area contributed by atoms with Crippen LogP contribution in [-0.2, 0) is 43.7 Å². The summed E-state index contributed by atoms with van der Waals surface area (Å²) < 4.78 is 67.6. The lowest BCUT2D eigenvalue weighted by molar-refractivity contribution is 0.0799. The molecule has 4 aromatic carbocycles. The van der Waals surface area contributed by atoms with Crippen molar-refractivity contribution in [1.29, 1.82) is 0 Å². The van der Waals surface area contributed by atoms with Crippen molar-refractivity contribution in [2.24, 2.45) is 23.7 Å². The Kier molecular flexibility index (Phi) is 15.8. The molecule has 78 heavy (non-hydrogen) atoms. The minimum absolute atomic E-state index is 0.229. The third kappa shape index (κ3) is 11.9. The second-order valence-electron chi connectivity index (χ2n) is 23.4. The monoisotopic (exact) mass is 1140 g/mol. The zero-order valence-corrected chi connectivity index (χ0v) is 47.0. The van der Waals surface area contributed by atoms with E-state index in [1.165, 1.54) is 34.4 Å². The van der Waals surface area contributed by atoms with Gasteiger partial charge in [0.05, 0.1) is 48.3 Å². The van der Waals surface area contributed by atoms with Crippen molar-refractivity contribution < 1.29 is 46.1 Å². The number of benzene rings is 4. The number of aliphatic hydroxyl groups is 2. The average molecular weight is 1140 g/mol. The van der Waals surface area contributed by atoms with E-state index in [0.29, 0.717) is 74.1 Å². The molecular weight excluding hydrogens is 1070 g/mol. The molecular formula is C60H70Cl2N4O10S2. The van der Waals surface area contributed by atoms with E-state index in [1.807, 2.05) is 12.1 Å². The second-order valence-corrected chi connectivity index (χ2v) is 27.8. The molecule has 416 valence electrons. The molecule has 4 heterocycles. The summed E-state index contributed by atoms with van der Waals surface area (Å²) in [6.45, 7) is 4.07. The smallest absolute Gasteiger partial charge is 0.264 e. The quantitative estimate of drug-likeness (QED) is 0.122. The number of carbonyl (C=O) groups excluding carboxylic acids is 2. The van der Waals surface area contributed by atoms with Crippen molar-refractivity contribution in [3.63, 3.8) is 0 Å². The standard InChI is InChI=1S/2C30H35ClN2O5S/c2*31-24-9-10-26-21(14-24)4-3-12-30(26)18-33-17-23-7-6-20(23)15-25(34)5-1-2-13-39(36,37)32-29(35)22-8-11-28(38-19-30)27(33)16-22/h2*1-2,8-11,14,16,20,23,25,34H,3-7,12-13,15,17-19H2,(H,32,35)/b2*2-1+/t20-,23-,25+,30-;20-,23-,25-,30-/m00/s1. The van der Waals surface area contributed by atoms with Crippen LogP contribution in [0.25, 0.3) is 0 Å². The fourth-order valence-electron chi connectivity index (χ4n) is 13.7. The van der Waals surface area contributed by atoms with Crippen LogP contribution < -0.4 is 28.7 Å². The summed E-state index contributed by atoms with van der Waals surface area (Å²) in [5.41, 5.74) is 6.82. The van der Waals surface area contributed by atoms with E-state index in [1.54, 1.807) is 48.6 Å². The van der Waals surface area contributed by atoms with Crippen LogP contribution in [0.1, 0.15) is 120 Å². The van der Waals surface area contributed by atoms with Gasteiger partial charge in [-0.25, -0.2) is 26.3 Å². The van der Waals surface area contributed by atoms with Crippen LogP contribution in [0.3, 0.4) is 0 Å². The zero-order valence-electron chi connectivity index (χ0n) is 43.9. The molecule has 4 aliphatic carbocycles. The van der Waals surface area contributed by atoms with Crippen LogP contribution in [0.4, 0.5) is 11.4 Å². The number of ether oxygens (including phenoxy) is 2. The van der Waals surface area contributed by atoms with Crippen molar-refractivity contribution in [3.8, 4) is 11.5 Å². The maximum absolute atomic E-state index is 13.0. The molecule has 4 N–H and O–H groups in total. The van der Waals surface area contributed by atoms with E-state index in [4.69, 9.17) is 32.7 Å². The molecule has 18 heteroatoms. The van der Waals surface area contributed by atoms with E-state index in [-0.39, 0.29) is 33.5 Å². The highest BCUT2D eigenvalue weighted by molar-refractivity contribution is 7.90. The fourth-order valence-corrected chi connectivity index (χ4v) is 15.9. The summed E-state index contributed by atoms with van der Waals surface area (Å²) in [5, 5.41) is 22.8.